The molecule has 0 aliphatic rings. The molecule has 6 heteroatoms. The van der Waals surface area contributed by atoms with E-state index >= 15 is 0 Å². The molecule has 0 unspecified atom stereocenters. The van der Waals surface area contributed by atoms with Crippen LogP contribution in [-0.2, 0) is 14.9 Å². The van der Waals surface area contributed by atoms with Crippen LogP contribution in [0.5, 0.6) is 0 Å². The molecule has 15 heavy (non-hydrogen) atoms. The van der Waals surface area contributed by atoms with E-state index in [4.69, 9.17) is 4.55 Å². The number of hydrogen-bond donors (Lipinski definition) is 2. The number of hydrogen-bond acceptors (Lipinski definition) is 3. The van der Waals surface area contributed by atoms with Gasteiger partial charge in [0.05, 0.1) is 5.54 Å². The smallest absolute Gasteiger partial charge is 0.272 e. The van der Waals surface area contributed by atoms with Crippen LogP contribution in [0.1, 0.15) is 27.7 Å². The van der Waals surface area contributed by atoms with E-state index in [0.29, 0.717) is 0 Å². The van der Waals surface area contributed by atoms with Gasteiger partial charge in [-0.3, -0.25) is 9.35 Å². The summed E-state index contributed by atoms with van der Waals surface area (Å²) in [6.07, 6.45) is 1.04. The molecule has 0 heterocycles. The molecule has 0 saturated carbocycles. The van der Waals surface area contributed by atoms with Crippen molar-refractivity contribution in [3.8, 4) is 0 Å². The third-order valence-electron chi connectivity index (χ3n) is 2.77. The normalized spacial score (nSPS) is 13.4. The van der Waals surface area contributed by atoms with Gasteiger partial charge in [-0.05, 0) is 33.8 Å². The minimum atomic E-state index is -4.26. The van der Waals surface area contributed by atoms with Crippen molar-refractivity contribution in [2.45, 2.75) is 38.0 Å². The maximum absolute atomic E-state index is 11.1. The number of carbonyl (C=O) groups is 1. The predicted octanol–water partition coefficient (Wildman–Crippen LogP) is 0.734. The summed E-state index contributed by atoms with van der Waals surface area (Å²) in [5.74, 6) is -0.489. The van der Waals surface area contributed by atoms with Crippen LogP contribution in [-0.4, -0.2) is 29.2 Å². The largest absolute Gasteiger partial charge is 0.346 e. The van der Waals surface area contributed by atoms with Crippen LogP contribution in [0.4, 0.5) is 0 Å². The van der Waals surface area contributed by atoms with Crippen LogP contribution >= 0.6 is 0 Å². The van der Waals surface area contributed by atoms with Gasteiger partial charge in [0.25, 0.3) is 10.1 Å². The summed E-state index contributed by atoms with van der Waals surface area (Å²) in [5, 5.41) is 2.46. The van der Waals surface area contributed by atoms with E-state index in [1.54, 1.807) is 0 Å². The summed E-state index contributed by atoms with van der Waals surface area (Å²) in [5.41, 5.74) is -1.11. The highest BCUT2D eigenvalue weighted by molar-refractivity contribution is 7.87. The molecule has 0 spiro atoms. The van der Waals surface area contributed by atoms with E-state index in [1.165, 1.54) is 27.7 Å². The maximum Gasteiger partial charge on any atom is 0.272 e. The first-order valence-electron chi connectivity index (χ1n) is 4.37. The number of nitrogens with one attached hydrogen (secondary N) is 1. The van der Waals surface area contributed by atoms with E-state index < -0.39 is 26.3 Å². The quantitative estimate of drug-likeness (QED) is 0.556. The van der Waals surface area contributed by atoms with Gasteiger partial charge in [0, 0.05) is 0 Å². The van der Waals surface area contributed by atoms with Gasteiger partial charge in [-0.15, -0.1) is 0 Å². The third-order valence-corrected chi connectivity index (χ3v) is 4.57. The number of carbonyl (C=O) groups excluding carboxylic acids is 1. The Hall–Kier alpha value is -0.880. The van der Waals surface area contributed by atoms with Gasteiger partial charge in [-0.25, -0.2) is 0 Å². The molecular formula is C9H17NO4S. The van der Waals surface area contributed by atoms with Crippen molar-refractivity contribution in [3.05, 3.63) is 12.7 Å². The van der Waals surface area contributed by atoms with E-state index in [-0.39, 0.29) is 0 Å². The second-order valence-corrected chi connectivity index (χ2v) is 6.27. The lowest BCUT2D eigenvalue weighted by Crippen LogP contribution is -2.60. The van der Waals surface area contributed by atoms with Gasteiger partial charge in [0.2, 0.25) is 5.91 Å². The monoisotopic (exact) mass is 235 g/mol. The summed E-state index contributed by atoms with van der Waals surface area (Å²) in [7, 11) is -4.26. The van der Waals surface area contributed by atoms with E-state index in [2.05, 4.69) is 11.9 Å². The van der Waals surface area contributed by atoms with Crippen molar-refractivity contribution in [2.24, 2.45) is 0 Å². The molecule has 2 N–H and O–H groups in total. The Balaban J connectivity index is 5.20. The first-order valence-corrected chi connectivity index (χ1v) is 5.81. The summed E-state index contributed by atoms with van der Waals surface area (Å²) < 4.78 is 29.9. The summed E-state index contributed by atoms with van der Waals surface area (Å²) in [6, 6.07) is 0. The fourth-order valence-electron chi connectivity index (χ4n) is 0.832. The Morgan fingerprint density at radius 1 is 1.33 bits per heavy atom. The van der Waals surface area contributed by atoms with E-state index in [9.17, 15) is 13.2 Å². The second kappa shape index (κ2) is 3.94. The third kappa shape index (κ3) is 2.79. The number of amides is 1. The predicted molar refractivity (Wildman–Crippen MR) is 58.0 cm³/mol. The standard InChI is InChI=1S/C9H17NO4S/c1-6-7(11)10-8(2,3)9(4,5)15(12,13)14/h6H,1H2,2-5H3,(H,10,11)(H,12,13,14). The zero-order chi connectivity index (χ0) is 12.5. The van der Waals surface area contributed by atoms with Crippen LogP contribution in [0.3, 0.4) is 0 Å². The van der Waals surface area contributed by atoms with Crippen molar-refractivity contribution in [1.29, 1.82) is 0 Å². The van der Waals surface area contributed by atoms with Crippen molar-refractivity contribution in [1.82, 2.24) is 5.32 Å². The van der Waals surface area contributed by atoms with E-state index in [0.717, 1.165) is 6.08 Å². The molecule has 0 aromatic rings. The Kier molecular flexibility index (Phi) is 3.71. The first kappa shape index (κ1) is 14.1. The SMILES string of the molecule is C=CC(=O)NC(C)(C)C(C)(C)S(=O)(=O)O. The summed E-state index contributed by atoms with van der Waals surface area (Å²) in [6.45, 7) is 8.98. The summed E-state index contributed by atoms with van der Waals surface area (Å²) >= 11 is 0. The first-order chi connectivity index (χ1) is 6.45. The van der Waals surface area contributed by atoms with Crippen molar-refractivity contribution in [3.63, 3.8) is 0 Å². The molecule has 0 fully saturated rings. The molecule has 0 atom stereocenters. The van der Waals surface area contributed by atoms with Gasteiger partial charge in [0.1, 0.15) is 4.75 Å². The average molecular weight is 235 g/mol. The second-order valence-electron chi connectivity index (χ2n) is 4.30. The van der Waals surface area contributed by atoms with Crippen LogP contribution in [0.2, 0.25) is 0 Å². The molecule has 0 aromatic carbocycles. The Labute approximate surface area is 90.3 Å². The topological polar surface area (TPSA) is 83.5 Å². The van der Waals surface area contributed by atoms with Crippen molar-refractivity contribution in [2.75, 3.05) is 0 Å². The van der Waals surface area contributed by atoms with Gasteiger partial charge in [-0.2, -0.15) is 8.42 Å². The molecular weight excluding hydrogens is 218 g/mol. The molecule has 0 aliphatic heterocycles. The lowest BCUT2D eigenvalue weighted by atomic mass is 9.89. The fraction of sp³-hybridized carbons (Fsp3) is 0.667. The van der Waals surface area contributed by atoms with Gasteiger partial charge in [0.15, 0.2) is 0 Å². The van der Waals surface area contributed by atoms with Gasteiger partial charge < -0.3 is 5.32 Å². The molecule has 0 aliphatic carbocycles. The number of rotatable bonds is 4. The fourth-order valence-corrected chi connectivity index (χ4v) is 1.53. The Bertz CT molecular complexity index is 368. The highest BCUT2D eigenvalue weighted by Crippen LogP contribution is 2.28. The molecule has 0 bridgehead atoms. The van der Waals surface area contributed by atoms with Gasteiger partial charge >= 0.3 is 0 Å². The van der Waals surface area contributed by atoms with Crippen LogP contribution < -0.4 is 5.32 Å². The minimum Gasteiger partial charge on any atom is -0.346 e. The van der Waals surface area contributed by atoms with Crippen LogP contribution in [0.15, 0.2) is 12.7 Å². The molecule has 1 amide bonds. The average Bonchev–Trinajstić information content (AvgIpc) is 2.00. The molecule has 5 nitrogen and oxygen atoms in total. The summed E-state index contributed by atoms with van der Waals surface area (Å²) in [4.78, 5) is 11.1. The van der Waals surface area contributed by atoms with Crippen molar-refractivity contribution < 1.29 is 17.8 Å². The molecule has 0 saturated heterocycles. The van der Waals surface area contributed by atoms with E-state index in [1.807, 2.05) is 0 Å². The van der Waals surface area contributed by atoms with Crippen LogP contribution in [0.25, 0.3) is 0 Å². The molecule has 0 rings (SSSR count). The molecule has 0 radical (unpaired) electrons. The highest BCUT2D eigenvalue weighted by atomic mass is 32.2. The minimum absolute atomic E-state index is 0.489. The zero-order valence-electron chi connectivity index (χ0n) is 9.36. The molecule has 88 valence electrons. The molecule has 0 aromatic heterocycles. The van der Waals surface area contributed by atoms with Crippen molar-refractivity contribution >= 4 is 16.0 Å². The lowest BCUT2D eigenvalue weighted by Gasteiger charge is -2.39. The highest BCUT2D eigenvalue weighted by Gasteiger charge is 2.47. The maximum atomic E-state index is 11.1. The Morgan fingerprint density at radius 3 is 2.00 bits per heavy atom. The van der Waals surface area contributed by atoms with Crippen LogP contribution in [0, 0.1) is 0 Å². The zero-order valence-corrected chi connectivity index (χ0v) is 10.2. The Morgan fingerprint density at radius 2 is 1.73 bits per heavy atom. The van der Waals surface area contributed by atoms with Gasteiger partial charge in [-0.1, -0.05) is 6.58 Å². The lowest BCUT2D eigenvalue weighted by molar-refractivity contribution is -0.118.